The zero-order chi connectivity index (χ0) is 13.7. The van der Waals surface area contributed by atoms with Gasteiger partial charge < -0.3 is 10.0 Å². The van der Waals surface area contributed by atoms with Gasteiger partial charge in [0, 0.05) is 11.6 Å². The van der Waals surface area contributed by atoms with Gasteiger partial charge in [-0.2, -0.15) is 0 Å². The van der Waals surface area contributed by atoms with Crippen LogP contribution in [0.5, 0.6) is 0 Å². The van der Waals surface area contributed by atoms with E-state index in [1.807, 2.05) is 12.1 Å². The Morgan fingerprint density at radius 3 is 2.26 bits per heavy atom. The van der Waals surface area contributed by atoms with Crippen LogP contribution in [-0.2, 0) is 4.79 Å². The van der Waals surface area contributed by atoms with Crippen molar-refractivity contribution in [1.82, 2.24) is 4.90 Å². The van der Waals surface area contributed by atoms with Gasteiger partial charge in [-0.05, 0) is 43.6 Å². The van der Waals surface area contributed by atoms with Crippen molar-refractivity contribution >= 4 is 17.6 Å². The van der Waals surface area contributed by atoms with E-state index in [9.17, 15) is 9.90 Å². The van der Waals surface area contributed by atoms with Crippen LogP contribution < -0.4 is 0 Å². The second kappa shape index (κ2) is 6.92. The first-order valence-corrected chi connectivity index (χ1v) is 7.25. The maximum absolute atomic E-state index is 11.5. The molecule has 1 saturated heterocycles. The minimum absolute atomic E-state index is 0.463. The highest BCUT2D eigenvalue weighted by Gasteiger charge is 2.23. The lowest BCUT2D eigenvalue weighted by atomic mass is 9.98. The Morgan fingerprint density at radius 1 is 1.16 bits per heavy atom. The number of carboxylic acid groups (broad SMARTS) is 1. The van der Waals surface area contributed by atoms with E-state index in [0.29, 0.717) is 11.6 Å². The normalized spacial score (nSPS) is 18.8. The first-order valence-electron chi connectivity index (χ1n) is 6.87. The van der Waals surface area contributed by atoms with Crippen molar-refractivity contribution in [3.05, 3.63) is 34.9 Å². The van der Waals surface area contributed by atoms with E-state index in [0.717, 1.165) is 18.7 Å². The maximum Gasteiger partial charge on any atom is 0.312 e. The summed E-state index contributed by atoms with van der Waals surface area (Å²) in [6, 6.07) is 7.16. The van der Waals surface area contributed by atoms with Crippen LogP contribution in [0.4, 0.5) is 0 Å². The number of halogens is 1. The molecule has 0 spiro atoms. The Kier molecular flexibility index (Phi) is 5.23. The summed E-state index contributed by atoms with van der Waals surface area (Å²) in [6.07, 6.45) is 4.87. The van der Waals surface area contributed by atoms with Crippen LogP contribution in [0.3, 0.4) is 0 Å². The Hall–Kier alpha value is -1.06. The number of nitrogens with zero attached hydrogens (tertiary/aromatic N) is 1. The summed E-state index contributed by atoms with van der Waals surface area (Å²) in [5, 5.41) is 10.1. The first kappa shape index (κ1) is 14.4. The van der Waals surface area contributed by atoms with E-state index in [2.05, 4.69) is 4.90 Å². The van der Waals surface area contributed by atoms with Crippen LogP contribution in [0, 0.1) is 0 Å². The molecule has 1 unspecified atom stereocenters. The molecule has 0 aliphatic carbocycles. The molecule has 0 saturated carbocycles. The number of likely N-dealkylation sites (tertiary alicyclic amines) is 1. The zero-order valence-electron chi connectivity index (χ0n) is 11.0. The topological polar surface area (TPSA) is 40.5 Å². The Labute approximate surface area is 119 Å². The van der Waals surface area contributed by atoms with Crippen LogP contribution in [0.25, 0.3) is 0 Å². The van der Waals surface area contributed by atoms with Gasteiger partial charge in [-0.25, -0.2) is 0 Å². The molecule has 104 valence electrons. The van der Waals surface area contributed by atoms with Gasteiger partial charge in [-0.15, -0.1) is 0 Å². The molecule has 0 aromatic heterocycles. The third-order valence-electron chi connectivity index (χ3n) is 3.71. The van der Waals surface area contributed by atoms with E-state index in [1.54, 1.807) is 12.1 Å². The summed E-state index contributed by atoms with van der Waals surface area (Å²) in [7, 11) is 0. The molecule has 1 atom stereocenters. The van der Waals surface area contributed by atoms with E-state index in [-0.39, 0.29) is 0 Å². The number of carbonyl (C=O) groups is 1. The first-order chi connectivity index (χ1) is 9.16. The molecule has 1 N–H and O–H groups in total. The smallest absolute Gasteiger partial charge is 0.312 e. The third kappa shape index (κ3) is 4.22. The van der Waals surface area contributed by atoms with Gasteiger partial charge in [0.2, 0.25) is 0 Å². The molecule has 1 aromatic rings. The van der Waals surface area contributed by atoms with Crippen LogP contribution in [0.15, 0.2) is 24.3 Å². The third-order valence-corrected chi connectivity index (χ3v) is 3.96. The number of benzene rings is 1. The van der Waals surface area contributed by atoms with Gasteiger partial charge in [-0.3, -0.25) is 4.79 Å². The molecule has 0 radical (unpaired) electrons. The molecule has 3 nitrogen and oxygen atoms in total. The molecule has 1 aliphatic rings. The molecule has 0 bridgehead atoms. The highest BCUT2D eigenvalue weighted by atomic mass is 35.5. The lowest BCUT2D eigenvalue weighted by molar-refractivity contribution is -0.139. The summed E-state index contributed by atoms with van der Waals surface area (Å²) in [6.45, 7) is 2.62. The van der Waals surface area contributed by atoms with Gasteiger partial charge in [0.05, 0.1) is 5.92 Å². The summed E-state index contributed by atoms with van der Waals surface area (Å²) in [4.78, 5) is 13.8. The number of carboxylic acids is 1. The van der Waals surface area contributed by atoms with E-state index < -0.39 is 11.9 Å². The van der Waals surface area contributed by atoms with Crippen molar-refractivity contribution < 1.29 is 9.90 Å². The van der Waals surface area contributed by atoms with Crippen molar-refractivity contribution in [3.63, 3.8) is 0 Å². The van der Waals surface area contributed by atoms with Gasteiger partial charge >= 0.3 is 5.97 Å². The Balaban J connectivity index is 2.07. The molecule has 19 heavy (non-hydrogen) atoms. The molecule has 1 fully saturated rings. The van der Waals surface area contributed by atoms with Gasteiger partial charge in [0.15, 0.2) is 0 Å². The van der Waals surface area contributed by atoms with Crippen LogP contribution in [0.2, 0.25) is 5.02 Å². The largest absolute Gasteiger partial charge is 0.481 e. The minimum Gasteiger partial charge on any atom is -0.481 e. The predicted octanol–water partition coefficient (Wildman–Crippen LogP) is 3.38. The number of hydrogen-bond acceptors (Lipinski definition) is 2. The minimum atomic E-state index is -0.758. The van der Waals surface area contributed by atoms with Crippen molar-refractivity contribution in [2.24, 2.45) is 0 Å². The highest BCUT2D eigenvalue weighted by Crippen LogP contribution is 2.21. The molecule has 1 aromatic carbocycles. The van der Waals surface area contributed by atoms with Crippen molar-refractivity contribution in [2.45, 2.75) is 31.6 Å². The van der Waals surface area contributed by atoms with Crippen molar-refractivity contribution in [2.75, 3.05) is 19.6 Å². The van der Waals surface area contributed by atoms with Gasteiger partial charge in [0.25, 0.3) is 0 Å². The second-order valence-electron chi connectivity index (χ2n) is 5.16. The molecular formula is C15H20ClNO2. The second-order valence-corrected chi connectivity index (χ2v) is 5.59. The molecule has 1 heterocycles. The van der Waals surface area contributed by atoms with Crippen molar-refractivity contribution in [1.29, 1.82) is 0 Å². The lowest BCUT2D eigenvalue weighted by Gasteiger charge is -2.24. The quantitative estimate of drug-likeness (QED) is 0.920. The average molecular weight is 282 g/mol. The fourth-order valence-corrected chi connectivity index (χ4v) is 2.72. The number of hydrogen-bond donors (Lipinski definition) is 1. The average Bonchev–Trinajstić information content (AvgIpc) is 2.65. The summed E-state index contributed by atoms with van der Waals surface area (Å²) < 4.78 is 0. The molecule has 4 heteroatoms. The lowest BCUT2D eigenvalue weighted by Crippen LogP contribution is -2.32. The van der Waals surface area contributed by atoms with E-state index >= 15 is 0 Å². The van der Waals surface area contributed by atoms with Gasteiger partial charge in [-0.1, -0.05) is 36.6 Å². The Morgan fingerprint density at radius 2 is 1.74 bits per heavy atom. The van der Waals surface area contributed by atoms with Crippen LogP contribution >= 0.6 is 11.6 Å². The molecule has 1 aliphatic heterocycles. The van der Waals surface area contributed by atoms with Crippen LogP contribution in [0.1, 0.15) is 37.2 Å². The SMILES string of the molecule is O=C(O)C(CN1CCCCCC1)c1ccc(Cl)cc1. The number of rotatable bonds is 4. The van der Waals surface area contributed by atoms with Crippen molar-refractivity contribution in [3.8, 4) is 0 Å². The molecule has 0 amide bonds. The van der Waals surface area contributed by atoms with E-state index in [4.69, 9.17) is 11.6 Å². The summed E-state index contributed by atoms with van der Waals surface area (Å²) in [5.41, 5.74) is 0.834. The maximum atomic E-state index is 11.5. The fourth-order valence-electron chi connectivity index (χ4n) is 2.60. The zero-order valence-corrected chi connectivity index (χ0v) is 11.8. The molecule has 2 rings (SSSR count). The van der Waals surface area contributed by atoms with Crippen LogP contribution in [-0.4, -0.2) is 35.6 Å². The number of aliphatic carboxylic acids is 1. The summed E-state index contributed by atoms with van der Waals surface area (Å²) >= 11 is 5.85. The molecular weight excluding hydrogens is 262 g/mol. The Bertz CT molecular complexity index is 411. The fraction of sp³-hybridized carbons (Fsp3) is 0.533. The van der Waals surface area contributed by atoms with Gasteiger partial charge in [0.1, 0.15) is 0 Å². The standard InChI is InChI=1S/C15H20ClNO2/c16-13-7-5-12(6-8-13)14(15(18)19)11-17-9-3-1-2-4-10-17/h5-8,14H,1-4,9-11H2,(H,18,19). The highest BCUT2D eigenvalue weighted by molar-refractivity contribution is 6.30. The van der Waals surface area contributed by atoms with E-state index in [1.165, 1.54) is 25.7 Å². The monoisotopic (exact) mass is 281 g/mol. The summed E-state index contributed by atoms with van der Waals surface area (Å²) in [5.74, 6) is -1.22. The predicted molar refractivity (Wildman–Crippen MR) is 76.7 cm³/mol.